The van der Waals surface area contributed by atoms with Crippen LogP contribution in [0.25, 0.3) is 0 Å². The van der Waals surface area contributed by atoms with Crippen LogP contribution in [0.1, 0.15) is 31.7 Å². The Morgan fingerprint density at radius 3 is 2.87 bits per heavy atom. The molecule has 3 rings (SSSR count). The van der Waals surface area contributed by atoms with Gasteiger partial charge in [-0.2, -0.15) is 0 Å². The molecule has 3 N–H and O–H groups in total. The fourth-order valence-electron chi connectivity index (χ4n) is 3.31. The number of nitrogens with zero attached hydrogens (tertiary/aromatic N) is 2. The summed E-state index contributed by atoms with van der Waals surface area (Å²) in [7, 11) is 1.74. The molecule has 126 valence electrons. The van der Waals surface area contributed by atoms with Crippen LogP contribution in [0.4, 0.5) is 4.39 Å². The highest BCUT2D eigenvalue weighted by Crippen LogP contribution is 2.33. The normalized spacial score (nSPS) is 25.6. The zero-order chi connectivity index (χ0) is 16.4. The average molecular weight is 320 g/mol. The zero-order valence-electron chi connectivity index (χ0n) is 13.7. The van der Waals surface area contributed by atoms with Gasteiger partial charge in [0.2, 0.25) is 0 Å². The number of rotatable bonds is 4. The van der Waals surface area contributed by atoms with E-state index in [9.17, 15) is 9.50 Å². The SMILES string of the molecule is CN=C(NCc1ccc(O)c(F)c1)NC1CC(C)N(C2CC2)C1. The van der Waals surface area contributed by atoms with E-state index in [1.54, 1.807) is 13.1 Å². The average Bonchev–Trinajstić information content (AvgIpc) is 3.30. The molecule has 0 spiro atoms. The lowest BCUT2D eigenvalue weighted by molar-refractivity contribution is 0.256. The molecular weight excluding hydrogens is 295 g/mol. The van der Waals surface area contributed by atoms with Gasteiger partial charge in [0.15, 0.2) is 17.5 Å². The largest absolute Gasteiger partial charge is 0.505 e. The molecule has 1 aromatic rings. The van der Waals surface area contributed by atoms with Crippen molar-refractivity contribution in [2.24, 2.45) is 4.99 Å². The van der Waals surface area contributed by atoms with Crippen LogP contribution in [0.3, 0.4) is 0 Å². The van der Waals surface area contributed by atoms with Crippen molar-refractivity contribution in [3.8, 4) is 5.75 Å². The number of halogens is 1. The Kier molecular flexibility index (Phi) is 4.71. The van der Waals surface area contributed by atoms with Crippen LogP contribution < -0.4 is 10.6 Å². The molecule has 5 nitrogen and oxygen atoms in total. The van der Waals surface area contributed by atoms with E-state index in [0.29, 0.717) is 18.6 Å². The van der Waals surface area contributed by atoms with Gasteiger partial charge in [0.1, 0.15) is 0 Å². The van der Waals surface area contributed by atoms with Gasteiger partial charge >= 0.3 is 0 Å². The molecule has 1 saturated carbocycles. The summed E-state index contributed by atoms with van der Waals surface area (Å²) in [6.45, 7) is 3.81. The van der Waals surface area contributed by atoms with Gasteiger partial charge in [-0.1, -0.05) is 6.07 Å². The van der Waals surface area contributed by atoms with Gasteiger partial charge in [-0.25, -0.2) is 4.39 Å². The van der Waals surface area contributed by atoms with Crippen LogP contribution in [0.2, 0.25) is 0 Å². The third-order valence-corrected chi connectivity index (χ3v) is 4.68. The summed E-state index contributed by atoms with van der Waals surface area (Å²) < 4.78 is 13.4. The number of hydrogen-bond acceptors (Lipinski definition) is 3. The van der Waals surface area contributed by atoms with Crippen LogP contribution in [0.5, 0.6) is 5.75 Å². The first kappa shape index (κ1) is 16.1. The molecule has 0 bridgehead atoms. The first-order valence-electron chi connectivity index (χ1n) is 8.27. The fourth-order valence-corrected chi connectivity index (χ4v) is 3.31. The van der Waals surface area contributed by atoms with Crippen LogP contribution >= 0.6 is 0 Å². The summed E-state index contributed by atoms with van der Waals surface area (Å²) in [6, 6.07) is 6.20. The molecule has 2 fully saturated rings. The number of guanidine groups is 1. The minimum atomic E-state index is -0.600. The molecule has 2 unspecified atom stereocenters. The topological polar surface area (TPSA) is 59.9 Å². The number of aliphatic imine (C=N–C) groups is 1. The summed E-state index contributed by atoms with van der Waals surface area (Å²) in [5.74, 6) is -0.193. The maximum atomic E-state index is 13.4. The van der Waals surface area contributed by atoms with Crippen molar-refractivity contribution in [2.45, 2.75) is 50.9 Å². The van der Waals surface area contributed by atoms with E-state index in [1.165, 1.54) is 25.0 Å². The highest BCUT2D eigenvalue weighted by molar-refractivity contribution is 5.80. The van der Waals surface area contributed by atoms with Crippen LogP contribution in [-0.2, 0) is 6.54 Å². The minimum absolute atomic E-state index is 0.323. The van der Waals surface area contributed by atoms with E-state index < -0.39 is 5.82 Å². The van der Waals surface area contributed by atoms with Gasteiger partial charge in [0.25, 0.3) is 0 Å². The van der Waals surface area contributed by atoms with E-state index in [1.807, 2.05) is 0 Å². The van der Waals surface area contributed by atoms with Gasteiger partial charge in [0, 0.05) is 38.3 Å². The number of hydrogen-bond donors (Lipinski definition) is 3. The van der Waals surface area contributed by atoms with Gasteiger partial charge in [-0.15, -0.1) is 0 Å². The molecule has 1 aliphatic heterocycles. The lowest BCUT2D eigenvalue weighted by atomic mass is 10.2. The molecule has 2 aliphatic rings. The molecule has 1 saturated heterocycles. The Labute approximate surface area is 136 Å². The standard InChI is InChI=1S/C17H25FN4O/c1-11-7-13(10-22(11)14-4-5-14)21-17(19-2)20-9-12-3-6-16(23)15(18)8-12/h3,6,8,11,13-14,23H,4-5,7,9-10H2,1-2H3,(H2,19,20,21). The van der Waals surface area contributed by atoms with Crippen molar-refractivity contribution < 1.29 is 9.50 Å². The predicted octanol–water partition coefficient (Wildman–Crippen LogP) is 1.82. The Balaban J connectivity index is 1.51. The van der Waals surface area contributed by atoms with E-state index in [0.717, 1.165) is 30.5 Å². The van der Waals surface area contributed by atoms with E-state index in [2.05, 4.69) is 27.4 Å². The van der Waals surface area contributed by atoms with Crippen LogP contribution in [-0.4, -0.2) is 47.7 Å². The van der Waals surface area contributed by atoms with E-state index in [-0.39, 0.29) is 5.75 Å². The van der Waals surface area contributed by atoms with E-state index >= 15 is 0 Å². The molecule has 0 amide bonds. The van der Waals surface area contributed by atoms with Gasteiger partial charge in [-0.3, -0.25) is 9.89 Å². The Bertz CT molecular complexity index is 588. The van der Waals surface area contributed by atoms with Crippen molar-refractivity contribution >= 4 is 5.96 Å². The maximum Gasteiger partial charge on any atom is 0.191 e. The number of likely N-dealkylation sites (tertiary alicyclic amines) is 1. The van der Waals surface area contributed by atoms with Crippen molar-refractivity contribution in [1.29, 1.82) is 0 Å². The van der Waals surface area contributed by atoms with Crippen molar-refractivity contribution in [3.05, 3.63) is 29.6 Å². The highest BCUT2D eigenvalue weighted by Gasteiger charge is 2.38. The Hall–Kier alpha value is -1.82. The molecule has 1 aromatic carbocycles. The third-order valence-electron chi connectivity index (χ3n) is 4.68. The third kappa shape index (κ3) is 3.93. The molecule has 23 heavy (non-hydrogen) atoms. The Morgan fingerprint density at radius 2 is 2.22 bits per heavy atom. The summed E-state index contributed by atoms with van der Waals surface area (Å²) in [4.78, 5) is 6.83. The molecule has 1 aliphatic carbocycles. The zero-order valence-corrected chi connectivity index (χ0v) is 13.7. The lowest BCUT2D eigenvalue weighted by Crippen LogP contribution is -2.44. The van der Waals surface area contributed by atoms with Crippen molar-refractivity contribution in [3.63, 3.8) is 0 Å². The summed E-state index contributed by atoms with van der Waals surface area (Å²) in [5, 5.41) is 15.9. The minimum Gasteiger partial charge on any atom is -0.505 e. The van der Waals surface area contributed by atoms with E-state index in [4.69, 9.17) is 0 Å². The lowest BCUT2D eigenvalue weighted by Gasteiger charge is -2.20. The monoisotopic (exact) mass is 320 g/mol. The number of phenolic OH excluding ortho intramolecular Hbond substituents is 1. The predicted molar refractivity (Wildman–Crippen MR) is 89.0 cm³/mol. The molecule has 6 heteroatoms. The first-order valence-corrected chi connectivity index (χ1v) is 8.27. The maximum absolute atomic E-state index is 13.4. The smallest absolute Gasteiger partial charge is 0.191 e. The van der Waals surface area contributed by atoms with Crippen molar-refractivity contribution in [1.82, 2.24) is 15.5 Å². The van der Waals surface area contributed by atoms with Gasteiger partial charge < -0.3 is 15.7 Å². The molecule has 2 atom stereocenters. The number of aromatic hydroxyl groups is 1. The molecule has 0 radical (unpaired) electrons. The number of benzene rings is 1. The first-order chi connectivity index (χ1) is 11.1. The highest BCUT2D eigenvalue weighted by atomic mass is 19.1. The fraction of sp³-hybridized carbons (Fsp3) is 0.588. The summed E-state index contributed by atoms with van der Waals surface area (Å²) in [6.07, 6.45) is 3.78. The van der Waals surface area contributed by atoms with Crippen LogP contribution in [0.15, 0.2) is 23.2 Å². The second-order valence-corrected chi connectivity index (χ2v) is 6.57. The quantitative estimate of drug-likeness (QED) is 0.585. The van der Waals surface area contributed by atoms with Crippen LogP contribution in [0, 0.1) is 5.82 Å². The number of phenols is 1. The summed E-state index contributed by atoms with van der Waals surface area (Å²) in [5.41, 5.74) is 0.766. The van der Waals surface area contributed by atoms with Gasteiger partial charge in [0.05, 0.1) is 0 Å². The molecule has 1 heterocycles. The van der Waals surface area contributed by atoms with Gasteiger partial charge in [-0.05, 0) is 43.9 Å². The molecule has 0 aromatic heterocycles. The van der Waals surface area contributed by atoms with Crippen molar-refractivity contribution in [2.75, 3.05) is 13.6 Å². The number of nitrogens with one attached hydrogen (secondary N) is 2. The Morgan fingerprint density at radius 1 is 1.43 bits per heavy atom. The second-order valence-electron chi connectivity index (χ2n) is 6.57. The second kappa shape index (κ2) is 6.74. The molecular formula is C17H25FN4O. The summed E-state index contributed by atoms with van der Waals surface area (Å²) >= 11 is 0.